The number of anilines is 1. The summed E-state index contributed by atoms with van der Waals surface area (Å²) >= 11 is 1.50. The highest BCUT2D eigenvalue weighted by Crippen LogP contribution is 2.48. The minimum atomic E-state index is -0.206. The quantitative estimate of drug-likeness (QED) is 0.500. The Bertz CT molecular complexity index is 1370. The topological polar surface area (TPSA) is 93.8 Å². The van der Waals surface area contributed by atoms with Crippen molar-refractivity contribution >= 4 is 35.3 Å². The molecule has 3 saturated heterocycles. The molecule has 4 aliphatic heterocycles. The van der Waals surface area contributed by atoms with Crippen LogP contribution in [0.1, 0.15) is 24.8 Å². The van der Waals surface area contributed by atoms with Gasteiger partial charge >= 0.3 is 6.03 Å². The van der Waals surface area contributed by atoms with E-state index in [0.717, 1.165) is 42.6 Å². The first kappa shape index (κ1) is 25.7. The number of likely N-dealkylation sites (tertiary alicyclic amines) is 1. The van der Waals surface area contributed by atoms with Crippen molar-refractivity contribution < 1.29 is 14.4 Å². The number of urea groups is 1. The first-order valence-electron chi connectivity index (χ1n) is 13.6. The van der Waals surface area contributed by atoms with E-state index in [9.17, 15) is 14.4 Å². The Balaban J connectivity index is 1.26. The van der Waals surface area contributed by atoms with Gasteiger partial charge in [0.15, 0.2) is 0 Å². The Morgan fingerprint density at radius 3 is 2.82 bits per heavy atom. The highest BCUT2D eigenvalue weighted by molar-refractivity contribution is 8.04. The summed E-state index contributed by atoms with van der Waals surface area (Å²) in [5.74, 6) is -0.317. The number of thioether (sulfide) groups is 1. The van der Waals surface area contributed by atoms with Crippen molar-refractivity contribution in [3.05, 3.63) is 77.4 Å². The van der Waals surface area contributed by atoms with Crippen LogP contribution in [0.2, 0.25) is 0 Å². The summed E-state index contributed by atoms with van der Waals surface area (Å²) in [6.07, 6.45) is 3.75. The summed E-state index contributed by atoms with van der Waals surface area (Å²) in [6.45, 7) is 7.58. The Kier molecular flexibility index (Phi) is 6.95. The van der Waals surface area contributed by atoms with Gasteiger partial charge in [0.05, 0.1) is 16.3 Å². The van der Waals surface area contributed by atoms with E-state index in [2.05, 4.69) is 53.7 Å². The first-order chi connectivity index (χ1) is 18.9. The van der Waals surface area contributed by atoms with Crippen molar-refractivity contribution in [2.45, 2.75) is 43.6 Å². The third-order valence-electron chi connectivity index (χ3n) is 8.17. The normalized spacial score (nSPS) is 26.1. The number of amides is 4. The summed E-state index contributed by atoms with van der Waals surface area (Å²) in [7, 11) is 0. The van der Waals surface area contributed by atoms with Crippen molar-refractivity contribution in [3.63, 3.8) is 0 Å². The molecule has 2 aromatic rings. The second-order valence-electron chi connectivity index (χ2n) is 10.6. The Morgan fingerprint density at radius 1 is 1.15 bits per heavy atom. The predicted molar refractivity (Wildman–Crippen MR) is 154 cm³/mol. The van der Waals surface area contributed by atoms with Gasteiger partial charge in [-0.05, 0) is 67.6 Å². The molecule has 3 unspecified atom stereocenters. The van der Waals surface area contributed by atoms with E-state index in [-0.39, 0.29) is 41.2 Å². The van der Waals surface area contributed by atoms with Crippen LogP contribution in [0.5, 0.6) is 0 Å². The van der Waals surface area contributed by atoms with Gasteiger partial charge in [0, 0.05) is 36.4 Å². The maximum atomic E-state index is 13.6. The second kappa shape index (κ2) is 10.5. The van der Waals surface area contributed by atoms with E-state index in [1.807, 2.05) is 29.2 Å². The largest absolute Gasteiger partial charge is 0.347 e. The number of benzene rings is 2. The summed E-state index contributed by atoms with van der Waals surface area (Å²) in [6, 6.07) is 16.0. The van der Waals surface area contributed by atoms with Gasteiger partial charge in [-0.25, -0.2) is 4.79 Å². The Hall–Kier alpha value is -3.56. The lowest BCUT2D eigenvalue weighted by Gasteiger charge is -2.45. The van der Waals surface area contributed by atoms with Crippen LogP contribution in [-0.2, 0) is 9.59 Å². The van der Waals surface area contributed by atoms with Gasteiger partial charge in [-0.2, -0.15) is 0 Å². The third-order valence-corrected chi connectivity index (χ3v) is 9.53. The van der Waals surface area contributed by atoms with Crippen LogP contribution in [0.4, 0.5) is 10.5 Å². The third kappa shape index (κ3) is 4.74. The molecule has 8 nitrogen and oxygen atoms in total. The molecule has 0 aromatic heterocycles. The molecule has 4 aliphatic rings. The second-order valence-corrected chi connectivity index (χ2v) is 11.7. The molecule has 39 heavy (non-hydrogen) atoms. The number of aryl methyl sites for hydroxylation is 1. The van der Waals surface area contributed by atoms with Gasteiger partial charge in [-0.15, -0.1) is 0 Å². The highest BCUT2D eigenvalue weighted by atomic mass is 32.2. The fourth-order valence-electron chi connectivity index (χ4n) is 6.32. The molecule has 4 heterocycles. The average Bonchev–Trinajstić information content (AvgIpc) is 3.32. The summed E-state index contributed by atoms with van der Waals surface area (Å²) < 4.78 is 0. The summed E-state index contributed by atoms with van der Waals surface area (Å²) in [5, 5.41) is 9.80. The molecule has 2 aromatic carbocycles. The van der Waals surface area contributed by atoms with Crippen LogP contribution in [0, 0.1) is 12.8 Å². The molecule has 3 N–H and O–H groups in total. The van der Waals surface area contributed by atoms with Crippen molar-refractivity contribution in [2.24, 2.45) is 5.92 Å². The SMILES string of the molecule is C=CC(=O)N1CCC[C@@H](NC(=O)C2=C3NC(=O)N(c4cccc(-c5ccccc5C)c4)C4CCNC(S2)C34)C1. The molecular weight excluding hydrogens is 510 g/mol. The van der Waals surface area contributed by atoms with Gasteiger partial charge in [0.2, 0.25) is 5.91 Å². The van der Waals surface area contributed by atoms with E-state index >= 15 is 0 Å². The number of piperidine rings is 2. The van der Waals surface area contributed by atoms with E-state index in [1.54, 1.807) is 4.90 Å². The molecular formula is C30H33N5O3S. The van der Waals surface area contributed by atoms with Crippen molar-refractivity contribution in [1.82, 2.24) is 20.9 Å². The lowest BCUT2D eigenvalue weighted by atomic mass is 9.86. The average molecular weight is 544 g/mol. The molecule has 0 bridgehead atoms. The predicted octanol–water partition coefficient (Wildman–Crippen LogP) is 3.75. The number of nitrogens with one attached hydrogen (secondary N) is 3. The number of carbonyl (C=O) groups excluding carboxylic acids is 3. The number of rotatable bonds is 5. The molecule has 0 saturated carbocycles. The van der Waals surface area contributed by atoms with Gasteiger partial charge < -0.3 is 20.9 Å². The zero-order valence-electron chi connectivity index (χ0n) is 22.0. The van der Waals surface area contributed by atoms with Crippen LogP contribution in [-0.4, -0.2) is 59.8 Å². The van der Waals surface area contributed by atoms with Gasteiger partial charge in [-0.3, -0.25) is 14.5 Å². The Morgan fingerprint density at radius 2 is 2.00 bits per heavy atom. The highest BCUT2D eigenvalue weighted by Gasteiger charge is 2.51. The monoisotopic (exact) mass is 543 g/mol. The van der Waals surface area contributed by atoms with Gasteiger partial charge in [0.25, 0.3) is 5.91 Å². The minimum absolute atomic E-state index is 0.00680. The maximum absolute atomic E-state index is 13.6. The molecule has 6 rings (SSSR count). The van der Waals surface area contributed by atoms with Gasteiger partial charge in [-0.1, -0.05) is 54.7 Å². The molecule has 0 radical (unpaired) electrons. The van der Waals surface area contributed by atoms with Crippen LogP contribution < -0.4 is 20.9 Å². The van der Waals surface area contributed by atoms with Crippen LogP contribution in [0.25, 0.3) is 11.1 Å². The molecule has 4 amide bonds. The lowest BCUT2D eigenvalue weighted by molar-refractivity contribution is -0.128. The van der Waals surface area contributed by atoms with Crippen molar-refractivity contribution in [3.8, 4) is 11.1 Å². The molecule has 4 atom stereocenters. The van der Waals surface area contributed by atoms with Crippen LogP contribution >= 0.6 is 11.8 Å². The van der Waals surface area contributed by atoms with E-state index < -0.39 is 0 Å². The minimum Gasteiger partial charge on any atom is -0.347 e. The van der Waals surface area contributed by atoms with E-state index in [4.69, 9.17) is 0 Å². The van der Waals surface area contributed by atoms with Crippen molar-refractivity contribution in [2.75, 3.05) is 24.5 Å². The van der Waals surface area contributed by atoms with E-state index in [0.29, 0.717) is 23.7 Å². The summed E-state index contributed by atoms with van der Waals surface area (Å²) in [4.78, 5) is 43.4. The number of hydrogen-bond donors (Lipinski definition) is 3. The molecule has 3 fully saturated rings. The standard InChI is InChI=1S/C30H33N5O3S/c1-3-24(36)34-15-7-10-20(17-34)32-28(37)27-26-25-23(13-14-31-29(25)39-27)35(30(38)33-26)21-11-6-9-19(16-21)22-12-5-4-8-18(22)2/h3-6,8-9,11-12,16,20,23,25,29,31H,1,7,10,13-15,17H2,2H3,(H,32,37)(H,33,38)/t20-,23?,25?,29?/m1/s1. The smallest absolute Gasteiger partial charge is 0.326 e. The van der Waals surface area contributed by atoms with Crippen molar-refractivity contribution in [1.29, 1.82) is 0 Å². The lowest BCUT2D eigenvalue weighted by Crippen LogP contribution is -2.62. The Labute approximate surface area is 232 Å². The fraction of sp³-hybridized carbons (Fsp3) is 0.367. The number of hydrogen-bond acceptors (Lipinski definition) is 5. The first-order valence-corrected chi connectivity index (χ1v) is 14.4. The maximum Gasteiger partial charge on any atom is 0.326 e. The van der Waals surface area contributed by atoms with Crippen LogP contribution in [0.3, 0.4) is 0 Å². The van der Waals surface area contributed by atoms with E-state index in [1.165, 1.54) is 23.4 Å². The zero-order valence-corrected chi connectivity index (χ0v) is 22.8. The fourth-order valence-corrected chi connectivity index (χ4v) is 7.72. The molecule has 202 valence electrons. The van der Waals surface area contributed by atoms with Gasteiger partial charge in [0.1, 0.15) is 0 Å². The number of carbonyl (C=O) groups is 3. The van der Waals surface area contributed by atoms with Crippen LogP contribution in [0.15, 0.2) is 71.8 Å². The zero-order chi connectivity index (χ0) is 27.1. The number of nitrogens with zero attached hydrogens (tertiary/aromatic N) is 2. The summed E-state index contributed by atoms with van der Waals surface area (Å²) in [5.41, 5.74) is 4.97. The molecule has 0 aliphatic carbocycles. The molecule has 9 heteroatoms. The molecule has 0 spiro atoms.